The van der Waals surface area contributed by atoms with E-state index in [1.807, 2.05) is 35.2 Å². The summed E-state index contributed by atoms with van der Waals surface area (Å²) in [4.78, 5) is 1.91. The highest BCUT2D eigenvalue weighted by Gasteiger charge is 2.37. The SMILES string of the molecule is COc1ccc2ccccc2c1[C@@H](CC(F)(F)F)N1CCNCC1.Cl.Cl. The monoisotopic (exact) mass is 410 g/mol. The Balaban J connectivity index is 0.00000169. The molecule has 0 spiro atoms. The Morgan fingerprint density at radius 1 is 1.08 bits per heavy atom. The highest BCUT2D eigenvalue weighted by Crippen LogP contribution is 2.41. The zero-order chi connectivity index (χ0) is 17.2. The Hall–Kier alpha value is -1.21. The van der Waals surface area contributed by atoms with E-state index in [4.69, 9.17) is 4.74 Å². The number of rotatable bonds is 4. The van der Waals surface area contributed by atoms with E-state index < -0.39 is 18.6 Å². The van der Waals surface area contributed by atoms with E-state index in [0.29, 0.717) is 37.5 Å². The second kappa shape index (κ2) is 9.65. The minimum atomic E-state index is -4.24. The minimum absolute atomic E-state index is 0. The third-order valence-electron chi connectivity index (χ3n) is 4.50. The van der Waals surface area contributed by atoms with E-state index in [2.05, 4.69) is 5.32 Å². The smallest absolute Gasteiger partial charge is 0.390 e. The molecule has 1 heterocycles. The van der Waals surface area contributed by atoms with Crippen molar-refractivity contribution in [3.63, 3.8) is 0 Å². The Bertz CT molecular complexity index is 706. The van der Waals surface area contributed by atoms with Gasteiger partial charge in [0.1, 0.15) is 5.75 Å². The summed E-state index contributed by atoms with van der Waals surface area (Å²) >= 11 is 0. The highest BCUT2D eigenvalue weighted by atomic mass is 35.5. The molecule has 0 unspecified atom stereocenters. The van der Waals surface area contributed by atoms with E-state index in [0.717, 1.165) is 10.8 Å². The van der Waals surface area contributed by atoms with Gasteiger partial charge in [-0.15, -0.1) is 24.8 Å². The first-order valence-corrected chi connectivity index (χ1v) is 8.07. The zero-order valence-electron chi connectivity index (χ0n) is 14.4. The third-order valence-corrected chi connectivity index (χ3v) is 4.50. The molecule has 0 saturated carbocycles. The molecule has 1 aliphatic rings. The van der Waals surface area contributed by atoms with Gasteiger partial charge in [0, 0.05) is 37.8 Å². The van der Waals surface area contributed by atoms with Crippen molar-refractivity contribution in [2.75, 3.05) is 33.3 Å². The largest absolute Gasteiger partial charge is 0.496 e. The molecule has 0 bridgehead atoms. The van der Waals surface area contributed by atoms with E-state index in [-0.39, 0.29) is 24.8 Å². The van der Waals surface area contributed by atoms with Gasteiger partial charge < -0.3 is 10.1 Å². The molecule has 1 N–H and O–H groups in total. The molecule has 146 valence electrons. The summed E-state index contributed by atoms with van der Waals surface area (Å²) in [6.45, 7) is 2.57. The van der Waals surface area contributed by atoms with Crippen LogP contribution in [-0.4, -0.2) is 44.4 Å². The molecule has 26 heavy (non-hydrogen) atoms. The summed E-state index contributed by atoms with van der Waals surface area (Å²) < 4.78 is 45.3. The average Bonchev–Trinajstić information content (AvgIpc) is 2.59. The lowest BCUT2D eigenvalue weighted by atomic mass is 9.93. The molecule has 0 aliphatic carbocycles. The Morgan fingerprint density at radius 2 is 1.73 bits per heavy atom. The van der Waals surface area contributed by atoms with Crippen LogP contribution in [0.25, 0.3) is 10.8 Å². The van der Waals surface area contributed by atoms with Gasteiger partial charge in [-0.05, 0) is 16.8 Å². The summed E-state index contributed by atoms with van der Waals surface area (Å²) in [6, 6.07) is 10.5. The van der Waals surface area contributed by atoms with Gasteiger partial charge in [-0.2, -0.15) is 13.2 Å². The van der Waals surface area contributed by atoms with Crippen molar-refractivity contribution in [3.8, 4) is 5.75 Å². The first-order chi connectivity index (χ1) is 11.5. The minimum Gasteiger partial charge on any atom is -0.496 e. The van der Waals surface area contributed by atoms with Crippen LogP contribution in [0.15, 0.2) is 36.4 Å². The maximum absolute atomic E-state index is 13.3. The van der Waals surface area contributed by atoms with Gasteiger partial charge in [-0.25, -0.2) is 0 Å². The van der Waals surface area contributed by atoms with E-state index >= 15 is 0 Å². The Morgan fingerprint density at radius 3 is 2.35 bits per heavy atom. The summed E-state index contributed by atoms with van der Waals surface area (Å²) in [7, 11) is 1.51. The average molecular weight is 411 g/mol. The number of hydrogen-bond donors (Lipinski definition) is 1. The Labute approximate surface area is 163 Å². The summed E-state index contributed by atoms with van der Waals surface area (Å²) in [6.07, 6.45) is -5.12. The number of benzene rings is 2. The Kier molecular flexibility index (Phi) is 8.47. The number of nitrogens with one attached hydrogen (secondary N) is 1. The molecular formula is C18H23Cl2F3N2O. The van der Waals surface area contributed by atoms with Crippen molar-refractivity contribution in [2.45, 2.75) is 18.6 Å². The third kappa shape index (κ3) is 5.16. The van der Waals surface area contributed by atoms with Gasteiger partial charge in [0.25, 0.3) is 0 Å². The number of nitrogens with zero attached hydrogens (tertiary/aromatic N) is 1. The summed E-state index contributed by atoms with van der Waals surface area (Å²) in [5.74, 6) is 0.515. The molecule has 0 amide bonds. The van der Waals surface area contributed by atoms with Crippen molar-refractivity contribution in [2.24, 2.45) is 0 Å². The van der Waals surface area contributed by atoms with Crippen molar-refractivity contribution in [3.05, 3.63) is 42.0 Å². The normalized spacial score (nSPS) is 16.5. The number of hydrogen-bond acceptors (Lipinski definition) is 3. The standard InChI is InChI=1S/C18H21F3N2O.2ClH/c1-24-16-7-6-13-4-2-3-5-14(13)17(16)15(12-18(19,20)21)23-10-8-22-9-11-23;;/h2-7,15,22H,8-12H2,1H3;2*1H/t15-;;/m1../s1. The molecular weight excluding hydrogens is 388 g/mol. The maximum Gasteiger partial charge on any atom is 0.390 e. The second-order valence-corrected chi connectivity index (χ2v) is 6.02. The molecule has 1 atom stereocenters. The number of alkyl halides is 3. The first-order valence-electron chi connectivity index (χ1n) is 8.07. The van der Waals surface area contributed by atoms with Crippen LogP contribution in [0.1, 0.15) is 18.0 Å². The van der Waals surface area contributed by atoms with Gasteiger partial charge in [0.2, 0.25) is 0 Å². The molecule has 1 aliphatic heterocycles. The molecule has 1 saturated heterocycles. The summed E-state index contributed by atoms with van der Waals surface area (Å²) in [5.41, 5.74) is 0.634. The predicted molar refractivity (Wildman–Crippen MR) is 103 cm³/mol. The highest BCUT2D eigenvalue weighted by molar-refractivity contribution is 5.88. The van der Waals surface area contributed by atoms with Gasteiger partial charge >= 0.3 is 6.18 Å². The van der Waals surface area contributed by atoms with Crippen LogP contribution in [0.3, 0.4) is 0 Å². The molecule has 2 aromatic rings. The fourth-order valence-corrected chi connectivity index (χ4v) is 3.42. The number of halogens is 5. The van der Waals surface area contributed by atoms with Crippen molar-refractivity contribution < 1.29 is 17.9 Å². The molecule has 1 fully saturated rings. The topological polar surface area (TPSA) is 24.5 Å². The van der Waals surface area contributed by atoms with E-state index in [1.165, 1.54) is 7.11 Å². The first kappa shape index (κ1) is 22.8. The van der Waals surface area contributed by atoms with Crippen LogP contribution in [0.5, 0.6) is 5.75 Å². The second-order valence-electron chi connectivity index (χ2n) is 6.02. The van der Waals surface area contributed by atoms with E-state index in [1.54, 1.807) is 6.07 Å². The van der Waals surface area contributed by atoms with Crippen LogP contribution in [-0.2, 0) is 0 Å². The summed E-state index contributed by atoms with van der Waals surface area (Å²) in [5, 5.41) is 4.95. The van der Waals surface area contributed by atoms with Crippen LogP contribution in [0.4, 0.5) is 13.2 Å². The van der Waals surface area contributed by atoms with Crippen molar-refractivity contribution >= 4 is 35.6 Å². The molecule has 3 rings (SSSR count). The van der Waals surface area contributed by atoms with Crippen molar-refractivity contribution in [1.82, 2.24) is 10.2 Å². The van der Waals surface area contributed by atoms with Crippen LogP contribution in [0, 0.1) is 0 Å². The molecule has 0 radical (unpaired) electrons. The van der Waals surface area contributed by atoms with E-state index in [9.17, 15) is 13.2 Å². The van der Waals surface area contributed by atoms with Crippen LogP contribution < -0.4 is 10.1 Å². The fraction of sp³-hybridized carbons (Fsp3) is 0.444. The van der Waals surface area contributed by atoms with Gasteiger partial charge in [0.05, 0.1) is 13.5 Å². The number of ether oxygens (including phenoxy) is 1. The zero-order valence-corrected chi connectivity index (χ0v) is 16.0. The lowest BCUT2D eigenvalue weighted by Crippen LogP contribution is -2.46. The molecule has 8 heteroatoms. The predicted octanol–water partition coefficient (Wildman–Crippen LogP) is 4.59. The van der Waals surface area contributed by atoms with Crippen molar-refractivity contribution in [1.29, 1.82) is 0 Å². The van der Waals surface area contributed by atoms with Crippen LogP contribution >= 0.6 is 24.8 Å². The number of methoxy groups -OCH3 is 1. The quantitative estimate of drug-likeness (QED) is 0.797. The number of piperazine rings is 1. The van der Waals surface area contributed by atoms with Crippen LogP contribution in [0.2, 0.25) is 0 Å². The lowest BCUT2D eigenvalue weighted by molar-refractivity contribution is -0.148. The van der Waals surface area contributed by atoms with Gasteiger partial charge in [-0.1, -0.05) is 30.3 Å². The van der Waals surface area contributed by atoms with Gasteiger partial charge in [0.15, 0.2) is 0 Å². The molecule has 3 nitrogen and oxygen atoms in total. The molecule has 0 aromatic heterocycles. The lowest BCUT2D eigenvalue weighted by Gasteiger charge is -2.36. The molecule has 2 aromatic carbocycles. The van der Waals surface area contributed by atoms with Gasteiger partial charge in [-0.3, -0.25) is 4.90 Å². The fourth-order valence-electron chi connectivity index (χ4n) is 3.42. The number of fused-ring (bicyclic) bond motifs is 1. The maximum atomic E-state index is 13.3.